The van der Waals surface area contributed by atoms with E-state index in [2.05, 4.69) is 5.32 Å². The van der Waals surface area contributed by atoms with Crippen molar-refractivity contribution in [3.8, 4) is 0 Å². The van der Waals surface area contributed by atoms with Crippen molar-refractivity contribution in [3.05, 3.63) is 23.8 Å². The van der Waals surface area contributed by atoms with Gasteiger partial charge in [-0.15, -0.1) is 0 Å². The Kier molecular flexibility index (Phi) is 5.41. The minimum atomic E-state index is -0.116. The van der Waals surface area contributed by atoms with Gasteiger partial charge in [0.15, 0.2) is 0 Å². The van der Waals surface area contributed by atoms with E-state index in [1.807, 2.05) is 19.1 Å². The van der Waals surface area contributed by atoms with Gasteiger partial charge in [-0.25, -0.2) is 0 Å². The highest BCUT2D eigenvalue weighted by Crippen LogP contribution is 2.23. The van der Waals surface area contributed by atoms with Crippen LogP contribution in [0.5, 0.6) is 0 Å². The van der Waals surface area contributed by atoms with Crippen molar-refractivity contribution in [1.29, 1.82) is 0 Å². The molecule has 1 saturated carbocycles. The molecule has 0 saturated heterocycles. The summed E-state index contributed by atoms with van der Waals surface area (Å²) >= 11 is 0. The Balaban J connectivity index is 1.73. The molecule has 1 aromatic carbocycles. The molecule has 0 atom stereocenters. The second kappa shape index (κ2) is 7.29. The number of nitrogens with two attached hydrogens (primary N) is 1. The van der Waals surface area contributed by atoms with Crippen molar-refractivity contribution < 1.29 is 9.53 Å². The first kappa shape index (κ1) is 14.9. The van der Waals surface area contributed by atoms with Crippen molar-refractivity contribution in [2.45, 2.75) is 39.0 Å². The number of anilines is 2. The molecule has 3 N–H and O–H groups in total. The van der Waals surface area contributed by atoms with E-state index in [9.17, 15) is 4.79 Å². The molecule has 0 bridgehead atoms. The van der Waals surface area contributed by atoms with Crippen LogP contribution in [0.25, 0.3) is 0 Å². The Hall–Kier alpha value is -1.55. The topological polar surface area (TPSA) is 64.3 Å². The fourth-order valence-corrected chi connectivity index (χ4v) is 2.63. The third-order valence-electron chi connectivity index (χ3n) is 3.85. The maximum atomic E-state index is 11.8. The molecule has 0 radical (unpaired) electrons. The number of carbonyl (C=O) groups excluding carboxylic acids is 1. The van der Waals surface area contributed by atoms with Gasteiger partial charge in [0, 0.05) is 11.4 Å². The number of benzene rings is 1. The monoisotopic (exact) mass is 276 g/mol. The van der Waals surface area contributed by atoms with E-state index in [1.165, 1.54) is 32.1 Å². The zero-order valence-corrected chi connectivity index (χ0v) is 12.2. The highest BCUT2D eigenvalue weighted by molar-refractivity contribution is 5.92. The zero-order chi connectivity index (χ0) is 14.4. The van der Waals surface area contributed by atoms with E-state index < -0.39 is 0 Å². The Morgan fingerprint density at radius 2 is 2.10 bits per heavy atom. The van der Waals surface area contributed by atoms with Crippen LogP contribution in [0.2, 0.25) is 0 Å². The molecule has 4 heteroatoms. The molecule has 0 aromatic heterocycles. The van der Waals surface area contributed by atoms with Gasteiger partial charge in [0.25, 0.3) is 0 Å². The number of hydrogen-bond donors (Lipinski definition) is 2. The van der Waals surface area contributed by atoms with Gasteiger partial charge in [-0.2, -0.15) is 0 Å². The lowest BCUT2D eigenvalue weighted by molar-refractivity contribution is -0.121. The summed E-state index contributed by atoms with van der Waals surface area (Å²) < 4.78 is 5.53. The molecule has 20 heavy (non-hydrogen) atoms. The molecule has 2 rings (SSSR count). The number of ether oxygens (including phenoxy) is 1. The molecule has 1 fully saturated rings. The van der Waals surface area contributed by atoms with Crippen molar-refractivity contribution in [2.75, 3.05) is 24.3 Å². The fourth-order valence-electron chi connectivity index (χ4n) is 2.63. The summed E-state index contributed by atoms with van der Waals surface area (Å²) in [7, 11) is 0. The first-order chi connectivity index (χ1) is 9.65. The van der Waals surface area contributed by atoms with E-state index in [0.717, 1.165) is 11.3 Å². The van der Waals surface area contributed by atoms with Crippen LogP contribution in [0, 0.1) is 12.8 Å². The van der Waals surface area contributed by atoms with Crippen molar-refractivity contribution >= 4 is 17.3 Å². The molecule has 4 nitrogen and oxygen atoms in total. The molecule has 1 aliphatic rings. The smallest absolute Gasteiger partial charge is 0.250 e. The van der Waals surface area contributed by atoms with Gasteiger partial charge in [-0.1, -0.05) is 25.3 Å². The number of rotatable bonds is 5. The first-order valence-corrected chi connectivity index (χ1v) is 7.39. The van der Waals surface area contributed by atoms with Gasteiger partial charge in [-0.05, 0) is 43.4 Å². The van der Waals surface area contributed by atoms with Crippen LogP contribution < -0.4 is 11.1 Å². The molecule has 1 aromatic rings. The normalized spacial score (nSPS) is 16.1. The number of amides is 1. The number of carbonyl (C=O) groups is 1. The van der Waals surface area contributed by atoms with Crippen LogP contribution in [-0.2, 0) is 9.53 Å². The SMILES string of the molecule is Cc1ccc(N)cc1NC(=O)COCC1CCCCC1. The quantitative estimate of drug-likeness (QED) is 0.812. The van der Waals surface area contributed by atoms with E-state index in [4.69, 9.17) is 10.5 Å². The predicted octanol–water partition coefficient (Wildman–Crippen LogP) is 3.11. The van der Waals surface area contributed by atoms with Crippen LogP contribution in [0.3, 0.4) is 0 Å². The van der Waals surface area contributed by atoms with Gasteiger partial charge in [0.05, 0.1) is 6.61 Å². The second-order valence-corrected chi connectivity index (χ2v) is 5.64. The highest BCUT2D eigenvalue weighted by Gasteiger charge is 2.14. The average Bonchev–Trinajstić information content (AvgIpc) is 2.44. The third-order valence-corrected chi connectivity index (χ3v) is 3.85. The molecule has 0 heterocycles. The number of aryl methyl sites for hydroxylation is 1. The summed E-state index contributed by atoms with van der Waals surface area (Å²) in [6.45, 7) is 2.76. The third kappa shape index (κ3) is 4.53. The zero-order valence-electron chi connectivity index (χ0n) is 12.2. The Bertz CT molecular complexity index is 454. The Labute approximate surface area is 120 Å². The highest BCUT2D eigenvalue weighted by atomic mass is 16.5. The van der Waals surface area contributed by atoms with Crippen LogP contribution in [0.4, 0.5) is 11.4 Å². The number of nitrogens with one attached hydrogen (secondary N) is 1. The van der Waals surface area contributed by atoms with Gasteiger partial charge < -0.3 is 15.8 Å². The second-order valence-electron chi connectivity index (χ2n) is 5.64. The summed E-state index contributed by atoms with van der Waals surface area (Å²) in [4.78, 5) is 11.8. The van der Waals surface area contributed by atoms with Gasteiger partial charge in [0.1, 0.15) is 6.61 Å². The van der Waals surface area contributed by atoms with E-state index in [1.54, 1.807) is 6.07 Å². The van der Waals surface area contributed by atoms with Gasteiger partial charge in [0.2, 0.25) is 5.91 Å². The molecular formula is C16H24N2O2. The first-order valence-electron chi connectivity index (χ1n) is 7.39. The number of nitrogen functional groups attached to an aromatic ring is 1. The lowest BCUT2D eigenvalue weighted by atomic mass is 9.90. The summed E-state index contributed by atoms with van der Waals surface area (Å²) in [5.41, 5.74) is 8.13. The van der Waals surface area contributed by atoms with Gasteiger partial charge >= 0.3 is 0 Å². The Morgan fingerprint density at radius 3 is 2.85 bits per heavy atom. The molecule has 0 aliphatic heterocycles. The molecule has 110 valence electrons. The molecular weight excluding hydrogens is 252 g/mol. The minimum Gasteiger partial charge on any atom is -0.399 e. The van der Waals surface area contributed by atoms with Crippen molar-refractivity contribution in [2.24, 2.45) is 5.92 Å². The van der Waals surface area contributed by atoms with E-state index in [0.29, 0.717) is 18.2 Å². The van der Waals surface area contributed by atoms with Crippen molar-refractivity contribution in [3.63, 3.8) is 0 Å². The maximum absolute atomic E-state index is 11.8. The van der Waals surface area contributed by atoms with Gasteiger partial charge in [-0.3, -0.25) is 4.79 Å². The van der Waals surface area contributed by atoms with Crippen LogP contribution >= 0.6 is 0 Å². The lowest BCUT2D eigenvalue weighted by Crippen LogP contribution is -2.22. The summed E-state index contributed by atoms with van der Waals surface area (Å²) in [5.74, 6) is 0.514. The largest absolute Gasteiger partial charge is 0.399 e. The molecule has 1 aliphatic carbocycles. The van der Waals surface area contributed by atoms with Crippen LogP contribution in [0.15, 0.2) is 18.2 Å². The van der Waals surface area contributed by atoms with Crippen molar-refractivity contribution in [1.82, 2.24) is 0 Å². The molecule has 0 spiro atoms. The average molecular weight is 276 g/mol. The lowest BCUT2D eigenvalue weighted by Gasteiger charge is -2.21. The minimum absolute atomic E-state index is 0.116. The van der Waals surface area contributed by atoms with E-state index >= 15 is 0 Å². The van der Waals surface area contributed by atoms with Crippen LogP contribution in [-0.4, -0.2) is 19.1 Å². The number of hydrogen-bond acceptors (Lipinski definition) is 3. The molecule has 1 amide bonds. The summed E-state index contributed by atoms with van der Waals surface area (Å²) in [6.07, 6.45) is 6.39. The predicted molar refractivity (Wildman–Crippen MR) is 81.6 cm³/mol. The Morgan fingerprint density at radius 1 is 1.35 bits per heavy atom. The van der Waals surface area contributed by atoms with E-state index in [-0.39, 0.29) is 12.5 Å². The summed E-state index contributed by atoms with van der Waals surface area (Å²) in [6, 6.07) is 5.49. The maximum Gasteiger partial charge on any atom is 0.250 e. The summed E-state index contributed by atoms with van der Waals surface area (Å²) in [5, 5.41) is 2.84. The standard InChI is InChI=1S/C16H24N2O2/c1-12-7-8-14(17)9-15(12)18-16(19)11-20-10-13-5-3-2-4-6-13/h7-9,13H,2-6,10-11,17H2,1H3,(H,18,19). The van der Waals surface area contributed by atoms with Crippen LogP contribution in [0.1, 0.15) is 37.7 Å². The molecule has 0 unspecified atom stereocenters. The fraction of sp³-hybridized carbons (Fsp3) is 0.562.